The fraction of sp³-hybridized carbons (Fsp3) is 0.200. The lowest BCUT2D eigenvalue weighted by Crippen LogP contribution is -2.26. The van der Waals surface area contributed by atoms with Crippen molar-refractivity contribution >= 4 is 58.2 Å². The second-order valence-electron chi connectivity index (χ2n) is 6.25. The standard InChI is InChI=1S/C20H17Cl2N3O5S/c1-29-15-4-2-3-11(18(15)30-10-12-5-6-13(21)7-14(12)22)9-23-25-20-24-19(28)16(31-20)8-17(26)27/h2-7,9,16H,8,10H2,1H3,(H,26,27)(H,24,25,28). The third-order valence-electron chi connectivity index (χ3n) is 4.10. The number of nitrogens with zero attached hydrogens (tertiary/aromatic N) is 2. The number of ether oxygens (including phenoxy) is 2. The molecule has 0 spiro atoms. The normalized spacial score (nSPS) is 17.2. The van der Waals surface area contributed by atoms with E-state index in [2.05, 4.69) is 15.5 Å². The van der Waals surface area contributed by atoms with Crippen LogP contribution in [-0.4, -0.2) is 40.7 Å². The van der Waals surface area contributed by atoms with Crippen LogP contribution in [0.2, 0.25) is 10.0 Å². The van der Waals surface area contributed by atoms with Crippen LogP contribution in [0, 0.1) is 0 Å². The van der Waals surface area contributed by atoms with Crippen LogP contribution < -0.4 is 14.8 Å². The predicted molar refractivity (Wildman–Crippen MR) is 121 cm³/mol. The van der Waals surface area contributed by atoms with E-state index < -0.39 is 17.1 Å². The monoisotopic (exact) mass is 481 g/mol. The van der Waals surface area contributed by atoms with Gasteiger partial charge in [0.05, 0.1) is 19.7 Å². The minimum absolute atomic E-state index is 0.175. The van der Waals surface area contributed by atoms with Crippen molar-refractivity contribution < 1.29 is 24.2 Å². The second-order valence-corrected chi connectivity index (χ2v) is 8.28. The molecule has 1 atom stereocenters. The molecule has 162 valence electrons. The highest BCUT2D eigenvalue weighted by Crippen LogP contribution is 2.32. The third-order valence-corrected chi connectivity index (χ3v) is 5.76. The summed E-state index contributed by atoms with van der Waals surface area (Å²) in [6, 6.07) is 10.4. The molecule has 3 rings (SSSR count). The highest BCUT2D eigenvalue weighted by Gasteiger charge is 2.32. The summed E-state index contributed by atoms with van der Waals surface area (Å²) >= 11 is 13.2. The van der Waals surface area contributed by atoms with Gasteiger partial charge in [0.2, 0.25) is 5.91 Å². The molecule has 1 aliphatic heterocycles. The van der Waals surface area contributed by atoms with Crippen molar-refractivity contribution in [3.05, 3.63) is 57.6 Å². The largest absolute Gasteiger partial charge is 0.493 e. The summed E-state index contributed by atoms with van der Waals surface area (Å²) in [5, 5.41) is 19.8. The molecule has 0 bridgehead atoms. The Morgan fingerprint density at radius 1 is 1.32 bits per heavy atom. The number of rotatable bonds is 8. The molecule has 1 aliphatic rings. The van der Waals surface area contributed by atoms with Crippen LogP contribution in [0.5, 0.6) is 11.5 Å². The zero-order chi connectivity index (χ0) is 22.4. The van der Waals surface area contributed by atoms with Gasteiger partial charge >= 0.3 is 5.97 Å². The van der Waals surface area contributed by atoms with Crippen LogP contribution >= 0.6 is 35.0 Å². The van der Waals surface area contributed by atoms with Gasteiger partial charge < -0.3 is 19.9 Å². The van der Waals surface area contributed by atoms with Gasteiger partial charge in [-0.25, -0.2) is 0 Å². The number of carboxylic acid groups (broad SMARTS) is 1. The summed E-state index contributed by atoms with van der Waals surface area (Å²) < 4.78 is 11.3. The SMILES string of the molecule is COc1cccc(C=N/N=C2\NC(=O)C(CC(=O)O)S2)c1OCc1ccc(Cl)cc1Cl. The Labute approximate surface area is 192 Å². The maximum atomic E-state index is 11.8. The maximum Gasteiger partial charge on any atom is 0.305 e. The van der Waals surface area contributed by atoms with E-state index in [-0.39, 0.29) is 18.2 Å². The van der Waals surface area contributed by atoms with E-state index >= 15 is 0 Å². The molecule has 1 fully saturated rings. The quantitative estimate of drug-likeness (QED) is 0.435. The molecule has 8 nitrogen and oxygen atoms in total. The smallest absolute Gasteiger partial charge is 0.305 e. The first-order valence-electron chi connectivity index (χ1n) is 8.91. The summed E-state index contributed by atoms with van der Waals surface area (Å²) in [4.78, 5) is 22.6. The van der Waals surface area contributed by atoms with E-state index in [1.54, 1.807) is 36.4 Å². The number of amidine groups is 1. The van der Waals surface area contributed by atoms with Crippen molar-refractivity contribution in [2.75, 3.05) is 7.11 Å². The van der Waals surface area contributed by atoms with Gasteiger partial charge in [0.1, 0.15) is 11.9 Å². The minimum atomic E-state index is -1.06. The van der Waals surface area contributed by atoms with E-state index in [1.807, 2.05) is 0 Å². The van der Waals surface area contributed by atoms with Gasteiger partial charge in [-0.05, 0) is 24.3 Å². The number of thioether (sulfide) groups is 1. The zero-order valence-corrected chi connectivity index (χ0v) is 18.5. The summed E-state index contributed by atoms with van der Waals surface area (Å²) in [6.07, 6.45) is 1.16. The number of amides is 1. The Balaban J connectivity index is 1.75. The van der Waals surface area contributed by atoms with E-state index in [9.17, 15) is 9.59 Å². The number of hydrogen-bond acceptors (Lipinski definition) is 7. The van der Waals surface area contributed by atoms with Crippen LogP contribution in [0.3, 0.4) is 0 Å². The van der Waals surface area contributed by atoms with Gasteiger partial charge in [-0.3, -0.25) is 9.59 Å². The number of para-hydroxylation sites is 1. The highest BCUT2D eigenvalue weighted by atomic mass is 35.5. The summed E-state index contributed by atoms with van der Waals surface area (Å²) in [5.41, 5.74) is 1.33. The molecule has 1 unspecified atom stereocenters. The Hall–Kier alpha value is -2.75. The molecule has 2 aromatic rings. The minimum Gasteiger partial charge on any atom is -0.493 e. The van der Waals surface area contributed by atoms with Crippen molar-refractivity contribution in [1.82, 2.24) is 5.32 Å². The number of aliphatic carboxylic acids is 1. The van der Waals surface area contributed by atoms with Crippen molar-refractivity contribution in [3.63, 3.8) is 0 Å². The average molecular weight is 482 g/mol. The summed E-state index contributed by atoms with van der Waals surface area (Å²) in [7, 11) is 1.52. The molecular weight excluding hydrogens is 465 g/mol. The maximum absolute atomic E-state index is 11.8. The Kier molecular flexibility index (Phi) is 7.78. The molecule has 0 saturated carbocycles. The second kappa shape index (κ2) is 10.5. The summed E-state index contributed by atoms with van der Waals surface area (Å²) in [6.45, 7) is 0.175. The van der Waals surface area contributed by atoms with Gasteiger partial charge in [0.15, 0.2) is 16.7 Å². The van der Waals surface area contributed by atoms with Crippen molar-refractivity contribution in [3.8, 4) is 11.5 Å². The number of nitrogens with one attached hydrogen (secondary N) is 1. The number of carboxylic acids is 1. The van der Waals surface area contributed by atoms with Crippen LogP contribution in [0.25, 0.3) is 0 Å². The first-order chi connectivity index (χ1) is 14.9. The molecule has 2 aromatic carbocycles. The average Bonchev–Trinajstić information content (AvgIpc) is 3.06. The highest BCUT2D eigenvalue weighted by molar-refractivity contribution is 8.15. The number of benzene rings is 2. The molecule has 2 N–H and O–H groups in total. The molecule has 11 heteroatoms. The number of carbonyl (C=O) groups is 2. The third kappa shape index (κ3) is 6.13. The molecule has 1 heterocycles. The van der Waals surface area contributed by atoms with Crippen LogP contribution in [0.15, 0.2) is 46.6 Å². The predicted octanol–water partition coefficient (Wildman–Crippen LogP) is 3.98. The van der Waals surface area contributed by atoms with Gasteiger partial charge in [-0.2, -0.15) is 5.10 Å². The van der Waals surface area contributed by atoms with Crippen LogP contribution in [-0.2, 0) is 16.2 Å². The number of halogens is 2. The number of carbonyl (C=O) groups excluding carboxylic acids is 1. The van der Waals surface area contributed by atoms with Crippen molar-refractivity contribution in [2.24, 2.45) is 10.2 Å². The first-order valence-corrected chi connectivity index (χ1v) is 10.5. The lowest BCUT2D eigenvalue weighted by molar-refractivity contribution is -0.138. The first kappa shape index (κ1) is 22.9. The van der Waals surface area contributed by atoms with Crippen molar-refractivity contribution in [1.29, 1.82) is 0 Å². The van der Waals surface area contributed by atoms with E-state index in [0.29, 0.717) is 27.1 Å². The lowest BCUT2D eigenvalue weighted by Gasteiger charge is -2.13. The summed E-state index contributed by atoms with van der Waals surface area (Å²) in [5.74, 6) is -0.540. The van der Waals surface area contributed by atoms with Crippen LogP contribution in [0.1, 0.15) is 17.5 Å². The number of hydrogen-bond donors (Lipinski definition) is 2. The van der Waals surface area contributed by atoms with Gasteiger partial charge in [-0.1, -0.05) is 47.1 Å². The Bertz CT molecular complexity index is 1060. The molecule has 0 radical (unpaired) electrons. The van der Waals surface area contributed by atoms with Gasteiger partial charge in [-0.15, -0.1) is 5.10 Å². The van der Waals surface area contributed by atoms with Crippen molar-refractivity contribution in [2.45, 2.75) is 18.3 Å². The number of methoxy groups -OCH3 is 1. The van der Waals surface area contributed by atoms with Crippen LogP contribution in [0.4, 0.5) is 0 Å². The topological polar surface area (TPSA) is 110 Å². The molecule has 0 aliphatic carbocycles. The molecule has 1 saturated heterocycles. The fourth-order valence-corrected chi connectivity index (χ4v) is 4.01. The van der Waals surface area contributed by atoms with Gasteiger partial charge in [0.25, 0.3) is 0 Å². The fourth-order valence-electron chi connectivity index (χ4n) is 2.63. The zero-order valence-electron chi connectivity index (χ0n) is 16.2. The Morgan fingerprint density at radius 3 is 2.84 bits per heavy atom. The van der Waals surface area contributed by atoms with Gasteiger partial charge in [0, 0.05) is 21.2 Å². The Morgan fingerprint density at radius 2 is 2.13 bits per heavy atom. The van der Waals surface area contributed by atoms with E-state index in [1.165, 1.54) is 13.3 Å². The molecule has 31 heavy (non-hydrogen) atoms. The van der Waals surface area contributed by atoms with E-state index in [4.69, 9.17) is 37.8 Å². The molecule has 0 aromatic heterocycles. The molecular formula is C20H17Cl2N3O5S. The lowest BCUT2D eigenvalue weighted by atomic mass is 10.2. The molecule has 1 amide bonds. The van der Waals surface area contributed by atoms with E-state index in [0.717, 1.165) is 17.3 Å².